The zero-order valence-corrected chi connectivity index (χ0v) is 7.16. The third kappa shape index (κ3) is 2.38. The first kappa shape index (κ1) is 8.77. The number of nitrogens with zero attached hydrogens (tertiary/aromatic N) is 1. The number of esters is 1. The van der Waals surface area contributed by atoms with Gasteiger partial charge in [0.25, 0.3) is 0 Å². The second-order valence-electron chi connectivity index (χ2n) is 2.51. The van der Waals surface area contributed by atoms with E-state index in [4.69, 9.17) is 4.52 Å². The van der Waals surface area contributed by atoms with Crippen molar-refractivity contribution in [3.05, 3.63) is 17.5 Å². The Bertz CT molecular complexity index is 267. The van der Waals surface area contributed by atoms with E-state index in [-0.39, 0.29) is 5.97 Å². The predicted octanol–water partition coefficient (Wildman–Crippen LogP) is 1.09. The van der Waals surface area contributed by atoms with Gasteiger partial charge >= 0.3 is 5.97 Å². The Labute approximate surface area is 70.5 Å². The van der Waals surface area contributed by atoms with Crippen molar-refractivity contribution in [2.45, 2.75) is 19.8 Å². The molecule has 0 saturated heterocycles. The average molecular weight is 169 g/mol. The van der Waals surface area contributed by atoms with Gasteiger partial charge in [-0.05, 0) is 6.92 Å². The highest BCUT2D eigenvalue weighted by atomic mass is 16.5. The van der Waals surface area contributed by atoms with Gasteiger partial charge in [-0.3, -0.25) is 4.79 Å². The van der Waals surface area contributed by atoms with Crippen molar-refractivity contribution in [2.24, 2.45) is 0 Å². The fourth-order valence-corrected chi connectivity index (χ4v) is 0.868. The molecule has 0 aliphatic carbocycles. The molecule has 0 aliphatic heterocycles. The van der Waals surface area contributed by atoms with Gasteiger partial charge in [-0.1, -0.05) is 5.16 Å². The normalized spacial score (nSPS) is 9.83. The Balaban J connectivity index is 2.38. The topological polar surface area (TPSA) is 52.3 Å². The highest BCUT2D eigenvalue weighted by molar-refractivity contribution is 5.69. The summed E-state index contributed by atoms with van der Waals surface area (Å²) in [5, 5.41) is 3.74. The number of hydrogen-bond acceptors (Lipinski definition) is 4. The maximum absolute atomic E-state index is 10.7. The first-order valence-corrected chi connectivity index (χ1v) is 3.71. The largest absolute Gasteiger partial charge is 0.469 e. The minimum atomic E-state index is -0.226. The number of aryl methyl sites for hydroxylation is 2. The molecule has 1 heterocycles. The summed E-state index contributed by atoms with van der Waals surface area (Å²) in [6.07, 6.45) is 0.923. The average Bonchev–Trinajstić information content (AvgIpc) is 2.47. The number of methoxy groups -OCH3 is 1. The van der Waals surface area contributed by atoms with E-state index in [2.05, 4.69) is 9.89 Å². The van der Waals surface area contributed by atoms with Crippen molar-refractivity contribution < 1.29 is 14.1 Å². The fourth-order valence-electron chi connectivity index (χ4n) is 0.868. The van der Waals surface area contributed by atoms with E-state index >= 15 is 0 Å². The van der Waals surface area contributed by atoms with Crippen LogP contribution in [0.4, 0.5) is 0 Å². The molecule has 12 heavy (non-hydrogen) atoms. The van der Waals surface area contributed by atoms with Gasteiger partial charge < -0.3 is 9.26 Å². The number of aromatic nitrogens is 1. The van der Waals surface area contributed by atoms with Gasteiger partial charge in [-0.2, -0.15) is 0 Å². The molecule has 66 valence electrons. The monoisotopic (exact) mass is 169 g/mol. The molecule has 0 aromatic carbocycles. The van der Waals surface area contributed by atoms with Crippen molar-refractivity contribution in [1.29, 1.82) is 0 Å². The maximum Gasteiger partial charge on any atom is 0.305 e. The minimum Gasteiger partial charge on any atom is -0.469 e. The number of carbonyl (C=O) groups is 1. The van der Waals surface area contributed by atoms with Crippen LogP contribution >= 0.6 is 0 Å². The van der Waals surface area contributed by atoms with E-state index in [1.807, 2.05) is 13.0 Å². The molecule has 0 aliphatic rings. The van der Waals surface area contributed by atoms with E-state index in [1.165, 1.54) is 7.11 Å². The Kier molecular flexibility index (Phi) is 2.85. The lowest BCUT2D eigenvalue weighted by molar-refractivity contribution is -0.140. The lowest BCUT2D eigenvalue weighted by atomic mass is 10.2. The molecule has 0 amide bonds. The quantitative estimate of drug-likeness (QED) is 0.635. The van der Waals surface area contributed by atoms with E-state index in [0.29, 0.717) is 12.8 Å². The van der Waals surface area contributed by atoms with Gasteiger partial charge in [-0.25, -0.2) is 0 Å². The van der Waals surface area contributed by atoms with Gasteiger partial charge in [0.2, 0.25) is 0 Å². The molecule has 0 fully saturated rings. The minimum absolute atomic E-state index is 0.226. The third-order valence-electron chi connectivity index (χ3n) is 1.49. The van der Waals surface area contributed by atoms with Gasteiger partial charge in [0.05, 0.1) is 19.2 Å². The summed E-state index contributed by atoms with van der Waals surface area (Å²) < 4.78 is 9.31. The van der Waals surface area contributed by atoms with Crippen LogP contribution < -0.4 is 0 Å². The first-order valence-electron chi connectivity index (χ1n) is 3.71. The molecule has 1 rings (SSSR count). The van der Waals surface area contributed by atoms with Gasteiger partial charge in [0, 0.05) is 12.5 Å². The fraction of sp³-hybridized carbons (Fsp3) is 0.500. The van der Waals surface area contributed by atoms with E-state index < -0.39 is 0 Å². The summed E-state index contributed by atoms with van der Waals surface area (Å²) in [7, 11) is 1.37. The molecule has 0 spiro atoms. The SMILES string of the molecule is COC(=O)CCc1cc(C)on1. The molecule has 0 radical (unpaired) electrons. The smallest absolute Gasteiger partial charge is 0.305 e. The van der Waals surface area contributed by atoms with Crippen molar-refractivity contribution in [1.82, 2.24) is 5.16 Å². The second kappa shape index (κ2) is 3.90. The molecule has 0 unspecified atom stereocenters. The molecule has 0 saturated carbocycles. The molecular weight excluding hydrogens is 158 g/mol. The summed E-state index contributed by atoms with van der Waals surface area (Å²) in [5.41, 5.74) is 0.790. The predicted molar refractivity (Wildman–Crippen MR) is 41.6 cm³/mol. The van der Waals surface area contributed by atoms with Crippen LogP contribution in [0.15, 0.2) is 10.6 Å². The Morgan fingerprint density at radius 1 is 1.75 bits per heavy atom. The number of rotatable bonds is 3. The highest BCUT2D eigenvalue weighted by Crippen LogP contribution is 2.04. The molecule has 0 N–H and O–H groups in total. The first-order chi connectivity index (χ1) is 5.72. The summed E-state index contributed by atoms with van der Waals surface area (Å²) in [6, 6.07) is 1.81. The standard InChI is InChI=1S/C8H11NO3/c1-6-5-7(9-12-6)3-4-8(10)11-2/h5H,3-4H2,1-2H3. The van der Waals surface area contributed by atoms with Crippen LogP contribution in [-0.4, -0.2) is 18.2 Å². The van der Waals surface area contributed by atoms with Gasteiger partial charge in [0.1, 0.15) is 5.76 Å². The Morgan fingerprint density at radius 2 is 2.50 bits per heavy atom. The van der Waals surface area contributed by atoms with E-state index in [9.17, 15) is 4.79 Å². The molecule has 4 heteroatoms. The third-order valence-corrected chi connectivity index (χ3v) is 1.49. The van der Waals surface area contributed by atoms with Crippen LogP contribution in [0.3, 0.4) is 0 Å². The van der Waals surface area contributed by atoms with Crippen molar-refractivity contribution in [3.8, 4) is 0 Å². The Morgan fingerprint density at radius 3 is 3.00 bits per heavy atom. The van der Waals surface area contributed by atoms with Crippen LogP contribution in [0, 0.1) is 6.92 Å². The van der Waals surface area contributed by atoms with Gasteiger partial charge in [0.15, 0.2) is 0 Å². The number of ether oxygens (including phenoxy) is 1. The lowest BCUT2D eigenvalue weighted by Crippen LogP contribution is -2.01. The summed E-state index contributed by atoms with van der Waals surface area (Å²) in [6.45, 7) is 1.81. The van der Waals surface area contributed by atoms with Crippen molar-refractivity contribution >= 4 is 5.97 Å². The lowest BCUT2D eigenvalue weighted by Gasteiger charge is -1.94. The maximum atomic E-state index is 10.7. The van der Waals surface area contributed by atoms with Gasteiger partial charge in [-0.15, -0.1) is 0 Å². The number of hydrogen-bond donors (Lipinski definition) is 0. The van der Waals surface area contributed by atoms with Crippen molar-refractivity contribution in [3.63, 3.8) is 0 Å². The number of carbonyl (C=O) groups excluding carboxylic acids is 1. The molecule has 1 aromatic heterocycles. The highest BCUT2D eigenvalue weighted by Gasteiger charge is 2.04. The summed E-state index contributed by atoms with van der Waals surface area (Å²) in [5.74, 6) is 0.533. The zero-order valence-electron chi connectivity index (χ0n) is 7.16. The van der Waals surface area contributed by atoms with E-state index in [0.717, 1.165) is 11.5 Å². The van der Waals surface area contributed by atoms with Crippen LogP contribution in [0.25, 0.3) is 0 Å². The molecule has 0 bridgehead atoms. The Hall–Kier alpha value is -1.32. The van der Waals surface area contributed by atoms with Crippen molar-refractivity contribution in [2.75, 3.05) is 7.11 Å². The zero-order chi connectivity index (χ0) is 8.97. The molecule has 4 nitrogen and oxygen atoms in total. The molecular formula is C8H11NO3. The van der Waals surface area contributed by atoms with Crippen LogP contribution in [0.1, 0.15) is 17.9 Å². The second-order valence-corrected chi connectivity index (χ2v) is 2.51. The molecule has 0 atom stereocenters. The van der Waals surface area contributed by atoms with Crippen LogP contribution in [0.5, 0.6) is 0 Å². The van der Waals surface area contributed by atoms with Crippen LogP contribution in [-0.2, 0) is 16.0 Å². The molecule has 1 aromatic rings. The van der Waals surface area contributed by atoms with Crippen LogP contribution in [0.2, 0.25) is 0 Å². The van der Waals surface area contributed by atoms with E-state index in [1.54, 1.807) is 0 Å². The summed E-state index contributed by atoms with van der Waals surface area (Å²) in [4.78, 5) is 10.7. The summed E-state index contributed by atoms with van der Waals surface area (Å²) >= 11 is 0.